The van der Waals surface area contributed by atoms with Gasteiger partial charge in [-0.3, -0.25) is 10.0 Å². The van der Waals surface area contributed by atoms with Gasteiger partial charge < -0.3 is 10.2 Å². The smallest absolute Gasteiger partial charge is 0.321 e. The molecule has 0 radical (unpaired) electrons. The van der Waals surface area contributed by atoms with Gasteiger partial charge in [-0.05, 0) is 68.7 Å². The number of likely N-dealkylation sites (tertiary alicyclic amines) is 1. The van der Waals surface area contributed by atoms with E-state index in [0.717, 1.165) is 44.5 Å². The van der Waals surface area contributed by atoms with Gasteiger partial charge in [0.1, 0.15) is 0 Å². The number of hydrogen-bond donors (Lipinski definition) is 3. The molecule has 1 fully saturated rings. The summed E-state index contributed by atoms with van der Waals surface area (Å²) in [6.45, 7) is 5.57. The monoisotopic (exact) mass is 333 g/mol. The Labute approximate surface area is 143 Å². The molecular weight excluding hydrogens is 306 g/mol. The SMILES string of the molecule is Cc1ccc(NC(=O)N2CCC(CCCC(=O)NO)CC2)cc1C. The average molecular weight is 333 g/mol. The minimum Gasteiger partial charge on any atom is -0.325 e. The van der Waals surface area contributed by atoms with Gasteiger partial charge in [-0.25, -0.2) is 10.3 Å². The zero-order valence-electron chi connectivity index (χ0n) is 14.5. The topological polar surface area (TPSA) is 81.7 Å². The van der Waals surface area contributed by atoms with Crippen molar-refractivity contribution in [3.05, 3.63) is 29.3 Å². The quantitative estimate of drug-likeness (QED) is 0.571. The first-order valence-electron chi connectivity index (χ1n) is 8.55. The maximum atomic E-state index is 12.3. The van der Waals surface area contributed by atoms with Gasteiger partial charge in [-0.1, -0.05) is 6.07 Å². The minimum atomic E-state index is -0.333. The summed E-state index contributed by atoms with van der Waals surface area (Å²) in [5, 5.41) is 11.4. The Morgan fingerprint density at radius 3 is 2.54 bits per heavy atom. The Kier molecular flexibility index (Phi) is 6.61. The number of rotatable bonds is 5. The number of nitrogens with one attached hydrogen (secondary N) is 2. The summed E-state index contributed by atoms with van der Waals surface area (Å²) in [5.41, 5.74) is 4.87. The first-order chi connectivity index (χ1) is 11.5. The molecule has 1 aromatic carbocycles. The normalized spacial score (nSPS) is 15.2. The zero-order valence-corrected chi connectivity index (χ0v) is 14.5. The lowest BCUT2D eigenvalue weighted by molar-refractivity contribution is -0.129. The van der Waals surface area contributed by atoms with Crippen molar-refractivity contribution < 1.29 is 14.8 Å². The zero-order chi connectivity index (χ0) is 17.5. The van der Waals surface area contributed by atoms with Gasteiger partial charge in [0.05, 0.1) is 0 Å². The minimum absolute atomic E-state index is 0.0450. The van der Waals surface area contributed by atoms with Crippen molar-refractivity contribution in [1.82, 2.24) is 10.4 Å². The molecular formula is C18H27N3O3. The largest absolute Gasteiger partial charge is 0.325 e. The molecule has 6 nitrogen and oxygen atoms in total. The Balaban J connectivity index is 1.74. The van der Waals surface area contributed by atoms with Gasteiger partial charge in [0.15, 0.2) is 0 Å². The van der Waals surface area contributed by atoms with E-state index in [9.17, 15) is 9.59 Å². The summed E-state index contributed by atoms with van der Waals surface area (Å²) in [7, 11) is 0. The van der Waals surface area contributed by atoms with Crippen molar-refractivity contribution in [2.24, 2.45) is 5.92 Å². The number of hydroxylamine groups is 1. The number of piperidine rings is 1. The fourth-order valence-electron chi connectivity index (χ4n) is 3.05. The van der Waals surface area contributed by atoms with Gasteiger partial charge in [0.25, 0.3) is 0 Å². The van der Waals surface area contributed by atoms with Crippen molar-refractivity contribution >= 4 is 17.6 Å². The van der Waals surface area contributed by atoms with Crippen molar-refractivity contribution in [3.8, 4) is 0 Å². The first-order valence-corrected chi connectivity index (χ1v) is 8.55. The van der Waals surface area contributed by atoms with Gasteiger partial charge in [0, 0.05) is 25.2 Å². The number of carbonyl (C=O) groups excluding carboxylic acids is 2. The number of anilines is 1. The van der Waals surface area contributed by atoms with Crippen molar-refractivity contribution in [2.75, 3.05) is 18.4 Å². The number of hydrogen-bond acceptors (Lipinski definition) is 3. The Hall–Kier alpha value is -2.08. The molecule has 132 valence electrons. The molecule has 0 bridgehead atoms. The van der Waals surface area contributed by atoms with E-state index < -0.39 is 0 Å². The highest BCUT2D eigenvalue weighted by Crippen LogP contribution is 2.23. The summed E-state index contributed by atoms with van der Waals surface area (Å²) in [6, 6.07) is 5.89. The molecule has 2 rings (SSSR count). The highest BCUT2D eigenvalue weighted by atomic mass is 16.5. The molecule has 0 aliphatic carbocycles. The van der Waals surface area contributed by atoms with E-state index in [0.29, 0.717) is 12.3 Å². The second-order valence-electron chi connectivity index (χ2n) is 6.59. The van der Waals surface area contributed by atoms with Crippen LogP contribution in [-0.2, 0) is 4.79 Å². The highest BCUT2D eigenvalue weighted by molar-refractivity contribution is 5.89. The molecule has 24 heavy (non-hydrogen) atoms. The summed E-state index contributed by atoms with van der Waals surface area (Å²) >= 11 is 0. The molecule has 1 saturated heterocycles. The fraction of sp³-hybridized carbons (Fsp3) is 0.556. The molecule has 3 N–H and O–H groups in total. The van der Waals surface area contributed by atoms with Crippen molar-refractivity contribution in [1.29, 1.82) is 0 Å². The Bertz CT molecular complexity index is 581. The molecule has 0 saturated carbocycles. The third kappa shape index (κ3) is 5.23. The molecule has 6 heteroatoms. The van der Waals surface area contributed by atoms with Gasteiger partial charge in [-0.2, -0.15) is 0 Å². The summed E-state index contributed by atoms with van der Waals surface area (Å²) in [6.07, 6.45) is 4.00. The lowest BCUT2D eigenvalue weighted by Gasteiger charge is -2.32. The number of carbonyl (C=O) groups is 2. The van der Waals surface area contributed by atoms with Crippen LogP contribution in [0.25, 0.3) is 0 Å². The number of aryl methyl sites for hydroxylation is 2. The third-order valence-electron chi connectivity index (χ3n) is 4.80. The summed E-state index contributed by atoms with van der Waals surface area (Å²) in [5.74, 6) is 0.211. The molecule has 1 aliphatic rings. The number of nitrogens with zero attached hydrogens (tertiary/aromatic N) is 1. The maximum Gasteiger partial charge on any atom is 0.321 e. The second kappa shape index (κ2) is 8.68. The average Bonchev–Trinajstić information content (AvgIpc) is 2.58. The first kappa shape index (κ1) is 18.3. The fourth-order valence-corrected chi connectivity index (χ4v) is 3.05. The van der Waals surface area contributed by atoms with Crippen LogP contribution in [0.2, 0.25) is 0 Å². The van der Waals surface area contributed by atoms with E-state index in [1.54, 1.807) is 5.48 Å². The molecule has 0 unspecified atom stereocenters. The van der Waals surface area contributed by atoms with E-state index in [1.807, 2.05) is 30.0 Å². The van der Waals surface area contributed by atoms with E-state index in [1.165, 1.54) is 11.1 Å². The van der Waals surface area contributed by atoms with Crippen LogP contribution in [0.5, 0.6) is 0 Å². The Morgan fingerprint density at radius 1 is 1.21 bits per heavy atom. The number of amides is 3. The molecule has 1 heterocycles. The van der Waals surface area contributed by atoms with Crippen LogP contribution < -0.4 is 10.8 Å². The van der Waals surface area contributed by atoms with Crippen LogP contribution >= 0.6 is 0 Å². The molecule has 0 spiro atoms. The predicted molar refractivity (Wildman–Crippen MR) is 93.0 cm³/mol. The molecule has 3 amide bonds. The van der Waals surface area contributed by atoms with Crippen LogP contribution in [0.1, 0.15) is 43.2 Å². The van der Waals surface area contributed by atoms with E-state index in [-0.39, 0.29) is 11.9 Å². The second-order valence-corrected chi connectivity index (χ2v) is 6.59. The maximum absolute atomic E-state index is 12.3. The van der Waals surface area contributed by atoms with Crippen LogP contribution in [0.15, 0.2) is 18.2 Å². The molecule has 1 aliphatic heterocycles. The predicted octanol–water partition coefficient (Wildman–Crippen LogP) is 3.22. The summed E-state index contributed by atoms with van der Waals surface area (Å²) < 4.78 is 0. The number of benzene rings is 1. The lowest BCUT2D eigenvalue weighted by Crippen LogP contribution is -2.41. The number of urea groups is 1. The van der Waals surface area contributed by atoms with Crippen molar-refractivity contribution in [2.45, 2.75) is 46.0 Å². The van der Waals surface area contributed by atoms with Crippen molar-refractivity contribution in [3.63, 3.8) is 0 Å². The third-order valence-corrected chi connectivity index (χ3v) is 4.80. The van der Waals surface area contributed by atoms with E-state index in [2.05, 4.69) is 12.2 Å². The van der Waals surface area contributed by atoms with E-state index >= 15 is 0 Å². The van der Waals surface area contributed by atoms with E-state index in [4.69, 9.17) is 5.21 Å². The van der Waals surface area contributed by atoms with Crippen LogP contribution in [0.3, 0.4) is 0 Å². The molecule has 0 atom stereocenters. The van der Waals surface area contributed by atoms with Crippen LogP contribution in [0.4, 0.5) is 10.5 Å². The van der Waals surface area contributed by atoms with Gasteiger partial charge in [-0.15, -0.1) is 0 Å². The van der Waals surface area contributed by atoms with Gasteiger partial charge in [0.2, 0.25) is 5.91 Å². The lowest BCUT2D eigenvalue weighted by atomic mass is 9.91. The molecule has 0 aromatic heterocycles. The summed E-state index contributed by atoms with van der Waals surface area (Å²) in [4.78, 5) is 25.2. The standard InChI is InChI=1S/C18H27N3O3/c1-13-6-7-16(12-14(13)2)19-18(23)21-10-8-15(9-11-21)4-3-5-17(22)20-24/h6-7,12,15,24H,3-5,8-11H2,1-2H3,(H,19,23)(H,20,22). The van der Waals surface area contributed by atoms with Crippen LogP contribution in [0, 0.1) is 19.8 Å². The molecule has 1 aromatic rings. The Morgan fingerprint density at radius 2 is 1.92 bits per heavy atom. The van der Waals surface area contributed by atoms with Crippen LogP contribution in [-0.4, -0.2) is 35.1 Å². The highest BCUT2D eigenvalue weighted by Gasteiger charge is 2.22. The van der Waals surface area contributed by atoms with Gasteiger partial charge >= 0.3 is 6.03 Å².